The highest BCUT2D eigenvalue weighted by atomic mass is 19.1. The number of fused-ring (bicyclic) bond motifs is 1. The lowest BCUT2D eigenvalue weighted by Crippen LogP contribution is -2.44. The first kappa shape index (κ1) is 19.9. The van der Waals surface area contributed by atoms with Crippen LogP contribution in [0, 0.1) is 5.82 Å². The van der Waals surface area contributed by atoms with Crippen molar-refractivity contribution in [2.75, 3.05) is 31.2 Å². The van der Waals surface area contributed by atoms with Crippen molar-refractivity contribution in [2.24, 2.45) is 0 Å². The van der Waals surface area contributed by atoms with Crippen LogP contribution in [0.5, 0.6) is 0 Å². The Bertz CT molecular complexity index is 1050. The van der Waals surface area contributed by atoms with Crippen molar-refractivity contribution in [2.45, 2.75) is 37.8 Å². The lowest BCUT2D eigenvalue weighted by molar-refractivity contribution is 0.0704. The number of hydrogen-bond acceptors (Lipinski definition) is 5. The minimum atomic E-state index is -0.228. The normalized spacial score (nSPS) is 18.4. The molecular formula is C23H26FN5O2. The summed E-state index contributed by atoms with van der Waals surface area (Å²) in [6, 6.07) is 8.84. The molecule has 2 aliphatic heterocycles. The molecule has 0 radical (unpaired) electrons. The summed E-state index contributed by atoms with van der Waals surface area (Å²) < 4.78 is 20.7. The number of nitrogens with one attached hydrogen (secondary N) is 1. The van der Waals surface area contributed by atoms with E-state index >= 15 is 0 Å². The van der Waals surface area contributed by atoms with E-state index in [4.69, 9.17) is 4.74 Å². The van der Waals surface area contributed by atoms with Crippen LogP contribution in [-0.4, -0.2) is 52.8 Å². The number of ether oxygens (including phenoxy) is 1. The summed E-state index contributed by atoms with van der Waals surface area (Å²) in [6.07, 6.45) is 7.05. The highest BCUT2D eigenvalue weighted by Crippen LogP contribution is 2.25. The summed E-state index contributed by atoms with van der Waals surface area (Å²) in [5, 5.41) is 3.13. The molecule has 2 fully saturated rings. The molecule has 3 aromatic rings. The van der Waals surface area contributed by atoms with E-state index in [1.54, 1.807) is 18.3 Å². The molecule has 8 heteroatoms. The van der Waals surface area contributed by atoms with Gasteiger partial charge in [-0.15, -0.1) is 0 Å². The molecule has 0 spiro atoms. The maximum atomic E-state index is 13.1. The standard InChI is InChI=1S/C23H26FN5O2/c24-17-1-3-19(4-2-17)28-9-5-18(6-10-28)27-23(30)16-13-21-22(25-14-16)29(15-26-21)20-7-11-31-12-8-20/h1-4,13-15,18,20H,5-12H2,(H,27,30). The summed E-state index contributed by atoms with van der Waals surface area (Å²) in [4.78, 5) is 24.0. The van der Waals surface area contributed by atoms with Gasteiger partial charge < -0.3 is 19.5 Å². The number of halogens is 1. The van der Waals surface area contributed by atoms with Crippen molar-refractivity contribution in [1.29, 1.82) is 0 Å². The van der Waals surface area contributed by atoms with Gasteiger partial charge in [-0.2, -0.15) is 0 Å². The van der Waals surface area contributed by atoms with Crippen molar-refractivity contribution in [3.05, 3.63) is 54.2 Å². The van der Waals surface area contributed by atoms with E-state index in [0.29, 0.717) is 11.6 Å². The van der Waals surface area contributed by atoms with Crippen LogP contribution in [0.25, 0.3) is 11.2 Å². The predicted octanol–water partition coefficient (Wildman–Crippen LogP) is 3.32. The minimum Gasteiger partial charge on any atom is -0.381 e. The van der Waals surface area contributed by atoms with Crippen molar-refractivity contribution >= 4 is 22.8 Å². The second kappa shape index (κ2) is 8.63. The van der Waals surface area contributed by atoms with Crippen LogP contribution in [0.4, 0.5) is 10.1 Å². The number of anilines is 1. The molecule has 0 aliphatic carbocycles. The molecular weight excluding hydrogens is 397 g/mol. The van der Waals surface area contributed by atoms with Gasteiger partial charge in [0.25, 0.3) is 5.91 Å². The monoisotopic (exact) mass is 423 g/mol. The molecule has 2 aliphatic rings. The zero-order valence-corrected chi connectivity index (χ0v) is 17.3. The highest BCUT2D eigenvalue weighted by Gasteiger charge is 2.23. The maximum absolute atomic E-state index is 13.1. The number of carbonyl (C=O) groups is 1. The summed E-state index contributed by atoms with van der Waals surface area (Å²) in [7, 11) is 0. The van der Waals surface area contributed by atoms with Gasteiger partial charge in [0.1, 0.15) is 11.3 Å². The van der Waals surface area contributed by atoms with E-state index in [2.05, 4.69) is 24.8 Å². The largest absolute Gasteiger partial charge is 0.381 e. The first-order valence-electron chi connectivity index (χ1n) is 10.9. The van der Waals surface area contributed by atoms with Crippen molar-refractivity contribution in [3.8, 4) is 0 Å². The zero-order valence-electron chi connectivity index (χ0n) is 17.3. The molecule has 0 saturated carbocycles. The van der Waals surface area contributed by atoms with Gasteiger partial charge >= 0.3 is 0 Å². The Labute approximate surface area is 180 Å². The number of imidazole rings is 1. The van der Waals surface area contributed by atoms with Crippen LogP contribution in [0.15, 0.2) is 42.9 Å². The fraction of sp³-hybridized carbons (Fsp3) is 0.435. The summed E-state index contributed by atoms with van der Waals surface area (Å²) in [6.45, 7) is 3.16. The van der Waals surface area contributed by atoms with Gasteiger partial charge in [-0.3, -0.25) is 4.79 Å². The molecule has 5 rings (SSSR count). The molecule has 1 aromatic carbocycles. The molecule has 2 saturated heterocycles. The number of hydrogen-bond donors (Lipinski definition) is 1. The first-order valence-corrected chi connectivity index (χ1v) is 10.9. The number of pyridine rings is 1. The molecule has 162 valence electrons. The maximum Gasteiger partial charge on any atom is 0.253 e. The molecule has 31 heavy (non-hydrogen) atoms. The molecule has 1 amide bonds. The quantitative estimate of drug-likeness (QED) is 0.697. The second-order valence-corrected chi connectivity index (χ2v) is 8.27. The van der Waals surface area contributed by atoms with Crippen molar-refractivity contribution in [3.63, 3.8) is 0 Å². The molecule has 0 atom stereocenters. The Balaban J connectivity index is 1.21. The lowest BCUT2D eigenvalue weighted by Gasteiger charge is -2.34. The Morgan fingerprint density at radius 3 is 2.55 bits per heavy atom. The molecule has 7 nitrogen and oxygen atoms in total. The fourth-order valence-corrected chi connectivity index (χ4v) is 4.48. The van der Waals surface area contributed by atoms with Gasteiger partial charge in [0.2, 0.25) is 0 Å². The molecule has 0 bridgehead atoms. The summed E-state index contributed by atoms with van der Waals surface area (Å²) >= 11 is 0. The van der Waals surface area contributed by atoms with Crippen LogP contribution >= 0.6 is 0 Å². The topological polar surface area (TPSA) is 72.3 Å². The van der Waals surface area contributed by atoms with E-state index in [1.807, 2.05) is 12.4 Å². The van der Waals surface area contributed by atoms with E-state index < -0.39 is 0 Å². The first-order chi connectivity index (χ1) is 15.2. The SMILES string of the molecule is O=C(NC1CCN(c2ccc(F)cc2)CC1)c1cnc2c(c1)ncn2C1CCOCC1. The van der Waals surface area contributed by atoms with Gasteiger partial charge in [0.15, 0.2) is 5.65 Å². The average Bonchev–Trinajstić information content (AvgIpc) is 3.24. The molecule has 4 heterocycles. The van der Waals surface area contributed by atoms with Gasteiger partial charge in [0, 0.05) is 50.3 Å². The van der Waals surface area contributed by atoms with Crippen LogP contribution in [0.3, 0.4) is 0 Å². The van der Waals surface area contributed by atoms with Crippen molar-refractivity contribution < 1.29 is 13.9 Å². The molecule has 2 aromatic heterocycles. The lowest BCUT2D eigenvalue weighted by atomic mass is 10.0. The van der Waals surface area contributed by atoms with Crippen LogP contribution in [-0.2, 0) is 4.74 Å². The third-order valence-corrected chi connectivity index (χ3v) is 6.28. The molecule has 0 unspecified atom stereocenters. The predicted molar refractivity (Wildman–Crippen MR) is 116 cm³/mol. The fourth-order valence-electron chi connectivity index (χ4n) is 4.48. The van der Waals surface area contributed by atoms with Crippen LogP contribution in [0.2, 0.25) is 0 Å². The average molecular weight is 423 g/mol. The number of carbonyl (C=O) groups excluding carboxylic acids is 1. The van der Waals surface area contributed by atoms with E-state index in [-0.39, 0.29) is 17.8 Å². The second-order valence-electron chi connectivity index (χ2n) is 8.27. The molecule has 1 N–H and O–H groups in total. The van der Waals surface area contributed by atoms with Crippen LogP contribution < -0.4 is 10.2 Å². The summed E-state index contributed by atoms with van der Waals surface area (Å²) in [5.41, 5.74) is 3.10. The van der Waals surface area contributed by atoms with E-state index in [0.717, 1.165) is 68.8 Å². The smallest absolute Gasteiger partial charge is 0.253 e. The summed E-state index contributed by atoms with van der Waals surface area (Å²) in [5.74, 6) is -0.343. The number of aromatic nitrogens is 3. The van der Waals surface area contributed by atoms with E-state index in [1.165, 1.54) is 12.1 Å². The number of piperidine rings is 1. The number of amides is 1. The van der Waals surface area contributed by atoms with Crippen molar-refractivity contribution in [1.82, 2.24) is 19.9 Å². The zero-order chi connectivity index (χ0) is 21.2. The van der Waals surface area contributed by atoms with Gasteiger partial charge in [-0.25, -0.2) is 14.4 Å². The Hall–Kier alpha value is -3.00. The number of rotatable bonds is 4. The Kier molecular flexibility index (Phi) is 5.55. The Morgan fingerprint density at radius 2 is 1.81 bits per heavy atom. The minimum absolute atomic E-state index is 0.111. The van der Waals surface area contributed by atoms with Gasteiger partial charge in [-0.1, -0.05) is 0 Å². The van der Waals surface area contributed by atoms with Gasteiger partial charge in [-0.05, 0) is 56.0 Å². The van der Waals surface area contributed by atoms with E-state index in [9.17, 15) is 9.18 Å². The third kappa shape index (κ3) is 4.25. The Morgan fingerprint density at radius 1 is 1.06 bits per heavy atom. The number of benzene rings is 1. The number of nitrogens with zero attached hydrogens (tertiary/aromatic N) is 4. The highest BCUT2D eigenvalue weighted by molar-refractivity contribution is 5.96. The van der Waals surface area contributed by atoms with Gasteiger partial charge in [0.05, 0.1) is 11.9 Å². The van der Waals surface area contributed by atoms with Crippen LogP contribution in [0.1, 0.15) is 42.1 Å². The third-order valence-electron chi connectivity index (χ3n) is 6.28.